The van der Waals surface area contributed by atoms with Gasteiger partial charge in [-0.3, -0.25) is 4.79 Å². The molecule has 21 heavy (non-hydrogen) atoms. The van der Waals surface area contributed by atoms with Crippen molar-refractivity contribution in [3.8, 4) is 0 Å². The zero-order chi connectivity index (χ0) is 15.6. The normalized spacial score (nSPS) is 12.0. The number of amides is 1. The summed E-state index contributed by atoms with van der Waals surface area (Å²) >= 11 is 1.50. The number of carbonyl (C=O) groups excluding carboxylic acids is 1. The minimum absolute atomic E-state index is 0.0806. The summed E-state index contributed by atoms with van der Waals surface area (Å²) in [6, 6.07) is 5.86. The minimum atomic E-state index is -0.323. The van der Waals surface area contributed by atoms with E-state index in [0.29, 0.717) is 5.13 Å². The van der Waals surface area contributed by atoms with E-state index < -0.39 is 0 Å². The van der Waals surface area contributed by atoms with Crippen molar-refractivity contribution >= 4 is 28.1 Å². The van der Waals surface area contributed by atoms with Crippen molar-refractivity contribution in [1.82, 2.24) is 4.98 Å². The van der Waals surface area contributed by atoms with Crippen LogP contribution in [0.5, 0.6) is 0 Å². The molecule has 5 heteroatoms. The Morgan fingerprint density at radius 2 is 1.76 bits per heavy atom. The highest BCUT2D eigenvalue weighted by molar-refractivity contribution is 7.15. The van der Waals surface area contributed by atoms with E-state index in [1.54, 1.807) is 0 Å². The van der Waals surface area contributed by atoms with E-state index in [0.717, 1.165) is 16.3 Å². The topological polar surface area (TPSA) is 54.0 Å². The van der Waals surface area contributed by atoms with Gasteiger partial charge in [0, 0.05) is 10.6 Å². The summed E-state index contributed by atoms with van der Waals surface area (Å²) in [7, 11) is 0. The van der Waals surface area contributed by atoms with Gasteiger partial charge >= 0.3 is 0 Å². The van der Waals surface area contributed by atoms with Gasteiger partial charge in [-0.2, -0.15) is 0 Å². The van der Waals surface area contributed by atoms with Crippen LogP contribution in [0.25, 0.3) is 0 Å². The van der Waals surface area contributed by atoms with Crippen molar-refractivity contribution in [2.75, 3.05) is 10.6 Å². The largest absolute Gasteiger partial charge is 0.374 e. The van der Waals surface area contributed by atoms with Crippen LogP contribution in [0.1, 0.15) is 28.6 Å². The predicted molar refractivity (Wildman–Crippen MR) is 89.2 cm³/mol. The third kappa shape index (κ3) is 4.04. The van der Waals surface area contributed by atoms with Gasteiger partial charge in [-0.15, -0.1) is 11.3 Å². The molecule has 2 rings (SSSR count). The number of nitrogens with one attached hydrogen (secondary N) is 2. The Kier molecular flexibility index (Phi) is 4.63. The van der Waals surface area contributed by atoms with E-state index in [2.05, 4.69) is 21.7 Å². The van der Waals surface area contributed by atoms with Crippen LogP contribution in [-0.4, -0.2) is 16.9 Å². The highest BCUT2D eigenvalue weighted by Gasteiger charge is 2.15. The summed E-state index contributed by atoms with van der Waals surface area (Å²) in [4.78, 5) is 17.7. The van der Waals surface area contributed by atoms with E-state index in [-0.39, 0.29) is 11.9 Å². The van der Waals surface area contributed by atoms with Crippen LogP contribution in [0.15, 0.2) is 18.2 Å². The van der Waals surface area contributed by atoms with Gasteiger partial charge in [0.2, 0.25) is 5.91 Å². The number of aryl methyl sites for hydroxylation is 4. The van der Waals surface area contributed by atoms with Crippen molar-refractivity contribution < 1.29 is 4.79 Å². The second-order valence-electron chi connectivity index (χ2n) is 5.39. The van der Waals surface area contributed by atoms with Crippen LogP contribution in [0.2, 0.25) is 0 Å². The Labute approximate surface area is 129 Å². The molecule has 1 aromatic heterocycles. The Morgan fingerprint density at radius 3 is 2.29 bits per heavy atom. The Bertz CT molecular complexity index is 624. The molecule has 2 N–H and O–H groups in total. The highest BCUT2D eigenvalue weighted by Crippen LogP contribution is 2.21. The number of nitrogens with zero attached hydrogens (tertiary/aromatic N) is 1. The van der Waals surface area contributed by atoms with E-state index in [1.807, 2.05) is 46.8 Å². The first-order valence-corrected chi connectivity index (χ1v) is 7.76. The van der Waals surface area contributed by atoms with Gasteiger partial charge in [-0.25, -0.2) is 4.98 Å². The first-order chi connectivity index (χ1) is 9.85. The second kappa shape index (κ2) is 6.26. The number of thiazole rings is 1. The van der Waals surface area contributed by atoms with Crippen LogP contribution in [-0.2, 0) is 4.79 Å². The average Bonchev–Trinajstić information content (AvgIpc) is 2.66. The fourth-order valence-corrected chi connectivity index (χ4v) is 2.93. The lowest BCUT2D eigenvalue weighted by Crippen LogP contribution is -2.31. The number of carbonyl (C=O) groups is 1. The molecule has 0 aliphatic rings. The maximum atomic E-state index is 12.2. The Balaban J connectivity index is 2.02. The van der Waals surface area contributed by atoms with Crippen molar-refractivity contribution in [3.63, 3.8) is 0 Å². The molecule has 0 unspecified atom stereocenters. The molecule has 2 aromatic rings. The summed E-state index contributed by atoms with van der Waals surface area (Å²) in [5.41, 5.74) is 4.28. The third-order valence-corrected chi connectivity index (χ3v) is 4.25. The summed E-state index contributed by atoms with van der Waals surface area (Å²) in [5, 5.41) is 6.75. The molecule has 0 spiro atoms. The first kappa shape index (κ1) is 15.5. The molecule has 0 radical (unpaired) electrons. The fourth-order valence-electron chi connectivity index (χ4n) is 2.11. The lowest BCUT2D eigenvalue weighted by Gasteiger charge is -2.15. The number of hydrogen-bond acceptors (Lipinski definition) is 4. The fraction of sp³-hybridized carbons (Fsp3) is 0.375. The summed E-state index contributed by atoms with van der Waals surface area (Å²) < 4.78 is 0. The van der Waals surface area contributed by atoms with Gasteiger partial charge in [0.1, 0.15) is 6.04 Å². The Morgan fingerprint density at radius 1 is 1.14 bits per heavy atom. The maximum absolute atomic E-state index is 12.2. The number of aromatic nitrogens is 1. The quantitative estimate of drug-likeness (QED) is 0.903. The van der Waals surface area contributed by atoms with Crippen LogP contribution in [0, 0.1) is 27.7 Å². The Hall–Kier alpha value is -1.88. The van der Waals surface area contributed by atoms with Crippen LogP contribution in [0.3, 0.4) is 0 Å². The molecule has 1 heterocycles. The van der Waals surface area contributed by atoms with E-state index >= 15 is 0 Å². The van der Waals surface area contributed by atoms with Gasteiger partial charge in [0.15, 0.2) is 5.13 Å². The number of anilines is 2. The van der Waals surface area contributed by atoms with Crippen LogP contribution >= 0.6 is 11.3 Å². The highest BCUT2D eigenvalue weighted by atomic mass is 32.1. The number of hydrogen-bond donors (Lipinski definition) is 2. The second-order valence-corrected chi connectivity index (χ2v) is 6.60. The summed E-state index contributed by atoms with van der Waals surface area (Å²) in [6.07, 6.45) is 0. The third-order valence-electron chi connectivity index (χ3n) is 3.26. The van der Waals surface area contributed by atoms with Crippen LogP contribution in [0.4, 0.5) is 10.8 Å². The monoisotopic (exact) mass is 303 g/mol. The molecule has 0 saturated carbocycles. The number of benzene rings is 1. The molecule has 1 atom stereocenters. The average molecular weight is 303 g/mol. The molecule has 1 aromatic carbocycles. The zero-order valence-electron chi connectivity index (χ0n) is 13.1. The predicted octanol–water partition coefficient (Wildman–Crippen LogP) is 3.82. The lowest BCUT2D eigenvalue weighted by atomic mass is 10.1. The van der Waals surface area contributed by atoms with Gasteiger partial charge < -0.3 is 10.6 Å². The first-order valence-electron chi connectivity index (χ1n) is 6.95. The summed E-state index contributed by atoms with van der Waals surface area (Å²) in [5.74, 6) is -0.0806. The smallest absolute Gasteiger partial charge is 0.248 e. The SMILES string of the molecule is Cc1cc(C)cc(N[C@@H](C)C(=O)Nc2nc(C)c(C)s2)c1. The van der Waals surface area contributed by atoms with E-state index in [4.69, 9.17) is 0 Å². The van der Waals surface area contributed by atoms with Gasteiger partial charge in [0.25, 0.3) is 0 Å². The van der Waals surface area contributed by atoms with Crippen molar-refractivity contribution in [2.24, 2.45) is 0 Å². The molecule has 0 bridgehead atoms. The van der Waals surface area contributed by atoms with Crippen molar-refractivity contribution in [3.05, 3.63) is 39.9 Å². The minimum Gasteiger partial charge on any atom is -0.374 e. The maximum Gasteiger partial charge on any atom is 0.248 e. The van der Waals surface area contributed by atoms with Gasteiger partial charge in [-0.1, -0.05) is 6.07 Å². The molecule has 4 nitrogen and oxygen atoms in total. The molecule has 1 amide bonds. The van der Waals surface area contributed by atoms with Crippen molar-refractivity contribution in [1.29, 1.82) is 0 Å². The lowest BCUT2D eigenvalue weighted by molar-refractivity contribution is -0.116. The number of rotatable bonds is 4. The van der Waals surface area contributed by atoms with Gasteiger partial charge in [-0.05, 0) is 57.9 Å². The standard InChI is InChI=1S/C16H21N3OS/c1-9-6-10(2)8-14(7-9)17-12(4)15(20)19-16-18-11(3)13(5)21-16/h6-8,12,17H,1-5H3,(H,18,19,20)/t12-/m0/s1. The molecule has 112 valence electrons. The molecule has 0 saturated heterocycles. The molecule has 0 aliphatic heterocycles. The zero-order valence-corrected chi connectivity index (χ0v) is 13.9. The van der Waals surface area contributed by atoms with Crippen molar-refractivity contribution in [2.45, 2.75) is 40.7 Å². The molecule has 0 aliphatic carbocycles. The van der Waals surface area contributed by atoms with E-state index in [9.17, 15) is 4.79 Å². The molecular formula is C16H21N3OS. The molecule has 0 fully saturated rings. The van der Waals surface area contributed by atoms with Gasteiger partial charge in [0.05, 0.1) is 5.69 Å². The summed E-state index contributed by atoms with van der Waals surface area (Å²) in [6.45, 7) is 9.88. The molecular weight excluding hydrogens is 282 g/mol. The van der Waals surface area contributed by atoms with E-state index in [1.165, 1.54) is 22.5 Å². The van der Waals surface area contributed by atoms with Crippen LogP contribution < -0.4 is 10.6 Å².